The van der Waals surface area contributed by atoms with Crippen LogP contribution in [0.15, 0.2) is 11.6 Å². The van der Waals surface area contributed by atoms with Crippen LogP contribution < -0.4 is 5.73 Å². The molecule has 0 saturated carbocycles. The van der Waals surface area contributed by atoms with Crippen molar-refractivity contribution in [3.63, 3.8) is 0 Å². The van der Waals surface area contributed by atoms with E-state index in [-0.39, 0.29) is 5.97 Å². The van der Waals surface area contributed by atoms with E-state index in [0.717, 1.165) is 24.8 Å². The molecule has 0 bridgehead atoms. The van der Waals surface area contributed by atoms with Gasteiger partial charge in [-0.15, -0.1) is 0 Å². The molecule has 3 heteroatoms. The van der Waals surface area contributed by atoms with Crippen LogP contribution in [0.25, 0.3) is 0 Å². The minimum absolute atomic E-state index is 0.155. The van der Waals surface area contributed by atoms with E-state index in [1.807, 2.05) is 13.0 Å². The maximum atomic E-state index is 11.3. The van der Waals surface area contributed by atoms with Gasteiger partial charge in [-0.3, -0.25) is 0 Å². The van der Waals surface area contributed by atoms with Gasteiger partial charge in [0.2, 0.25) is 0 Å². The molecule has 13 heavy (non-hydrogen) atoms. The van der Waals surface area contributed by atoms with Crippen molar-refractivity contribution in [2.75, 3.05) is 13.2 Å². The fourth-order valence-electron chi connectivity index (χ4n) is 1.51. The SMILES string of the molecule is CCOC(=O)C1=CCC(CN)CC1. The van der Waals surface area contributed by atoms with Crippen molar-refractivity contribution in [1.29, 1.82) is 0 Å². The van der Waals surface area contributed by atoms with E-state index >= 15 is 0 Å². The summed E-state index contributed by atoms with van der Waals surface area (Å²) in [6, 6.07) is 0. The predicted octanol–water partition coefficient (Wildman–Crippen LogP) is 1.23. The maximum absolute atomic E-state index is 11.3. The van der Waals surface area contributed by atoms with Crippen molar-refractivity contribution >= 4 is 5.97 Å². The smallest absolute Gasteiger partial charge is 0.333 e. The molecule has 0 aromatic carbocycles. The normalized spacial score (nSPS) is 22.3. The van der Waals surface area contributed by atoms with Gasteiger partial charge in [0.1, 0.15) is 0 Å². The van der Waals surface area contributed by atoms with Gasteiger partial charge >= 0.3 is 5.97 Å². The van der Waals surface area contributed by atoms with Gasteiger partial charge < -0.3 is 10.5 Å². The molecule has 1 aliphatic carbocycles. The molecule has 74 valence electrons. The van der Waals surface area contributed by atoms with Crippen LogP contribution in [0.5, 0.6) is 0 Å². The van der Waals surface area contributed by atoms with Gasteiger partial charge in [0.05, 0.1) is 6.61 Å². The monoisotopic (exact) mass is 183 g/mol. The van der Waals surface area contributed by atoms with Crippen LogP contribution in [0.3, 0.4) is 0 Å². The Hall–Kier alpha value is -0.830. The van der Waals surface area contributed by atoms with Crippen LogP contribution in [-0.2, 0) is 9.53 Å². The molecule has 1 aliphatic rings. The number of carbonyl (C=O) groups excluding carboxylic acids is 1. The molecule has 0 amide bonds. The van der Waals surface area contributed by atoms with Crippen LogP contribution in [0.4, 0.5) is 0 Å². The summed E-state index contributed by atoms with van der Waals surface area (Å²) in [6.45, 7) is 2.99. The fraction of sp³-hybridized carbons (Fsp3) is 0.700. The lowest BCUT2D eigenvalue weighted by Crippen LogP contribution is -2.19. The van der Waals surface area contributed by atoms with Crippen molar-refractivity contribution in [2.24, 2.45) is 11.7 Å². The van der Waals surface area contributed by atoms with E-state index in [9.17, 15) is 4.79 Å². The van der Waals surface area contributed by atoms with Crippen molar-refractivity contribution in [3.05, 3.63) is 11.6 Å². The molecular formula is C10H17NO2. The Morgan fingerprint density at radius 3 is 3.00 bits per heavy atom. The average Bonchev–Trinajstić information content (AvgIpc) is 2.18. The number of rotatable bonds is 3. The number of nitrogens with two attached hydrogens (primary N) is 1. The number of hydrogen-bond donors (Lipinski definition) is 1. The summed E-state index contributed by atoms with van der Waals surface area (Å²) in [7, 11) is 0. The van der Waals surface area contributed by atoms with Crippen LogP contribution in [0.2, 0.25) is 0 Å². The van der Waals surface area contributed by atoms with Crippen molar-refractivity contribution in [3.8, 4) is 0 Å². The van der Waals surface area contributed by atoms with E-state index in [2.05, 4.69) is 0 Å². The highest BCUT2D eigenvalue weighted by Crippen LogP contribution is 2.23. The summed E-state index contributed by atoms with van der Waals surface area (Å²) in [4.78, 5) is 11.3. The Balaban J connectivity index is 2.45. The van der Waals surface area contributed by atoms with Crippen LogP contribution in [0, 0.1) is 5.92 Å². The molecule has 1 unspecified atom stereocenters. The molecule has 2 N–H and O–H groups in total. The molecule has 0 aromatic heterocycles. The number of esters is 1. The zero-order valence-corrected chi connectivity index (χ0v) is 8.08. The number of allylic oxidation sites excluding steroid dienone is 1. The second-order valence-corrected chi connectivity index (χ2v) is 3.33. The third-order valence-electron chi connectivity index (χ3n) is 2.39. The lowest BCUT2D eigenvalue weighted by Gasteiger charge is -2.19. The largest absolute Gasteiger partial charge is 0.463 e. The van der Waals surface area contributed by atoms with Gasteiger partial charge in [0.25, 0.3) is 0 Å². The molecule has 0 saturated heterocycles. The second kappa shape index (κ2) is 5.02. The van der Waals surface area contributed by atoms with Crippen LogP contribution in [0.1, 0.15) is 26.2 Å². The molecule has 0 radical (unpaired) electrons. The molecule has 0 aliphatic heterocycles. The molecular weight excluding hydrogens is 166 g/mol. The number of ether oxygens (including phenoxy) is 1. The highest BCUT2D eigenvalue weighted by atomic mass is 16.5. The molecule has 1 atom stereocenters. The van der Waals surface area contributed by atoms with E-state index in [1.165, 1.54) is 0 Å². The van der Waals surface area contributed by atoms with E-state index in [4.69, 9.17) is 10.5 Å². The molecule has 0 heterocycles. The lowest BCUT2D eigenvalue weighted by molar-refractivity contribution is -0.138. The van der Waals surface area contributed by atoms with Gasteiger partial charge in [-0.05, 0) is 38.6 Å². The summed E-state index contributed by atoms with van der Waals surface area (Å²) in [6.07, 6.45) is 4.73. The minimum atomic E-state index is -0.155. The first kappa shape index (κ1) is 10.3. The summed E-state index contributed by atoms with van der Waals surface area (Å²) in [5, 5.41) is 0. The van der Waals surface area contributed by atoms with E-state index in [0.29, 0.717) is 19.1 Å². The molecule has 0 aromatic rings. The minimum Gasteiger partial charge on any atom is -0.463 e. The third-order valence-corrected chi connectivity index (χ3v) is 2.39. The Bertz CT molecular complexity index is 211. The highest BCUT2D eigenvalue weighted by Gasteiger charge is 2.18. The molecule has 0 fully saturated rings. The Morgan fingerprint density at radius 2 is 2.54 bits per heavy atom. The maximum Gasteiger partial charge on any atom is 0.333 e. The summed E-state index contributed by atoms with van der Waals surface area (Å²) in [5.74, 6) is 0.399. The number of carbonyl (C=O) groups is 1. The topological polar surface area (TPSA) is 52.3 Å². The first-order chi connectivity index (χ1) is 6.27. The lowest BCUT2D eigenvalue weighted by atomic mass is 9.90. The van der Waals surface area contributed by atoms with Crippen molar-refractivity contribution in [2.45, 2.75) is 26.2 Å². The standard InChI is InChI=1S/C10H17NO2/c1-2-13-10(12)9-5-3-8(7-11)4-6-9/h5,8H,2-4,6-7,11H2,1H3. The van der Waals surface area contributed by atoms with Crippen molar-refractivity contribution < 1.29 is 9.53 Å². The summed E-state index contributed by atoms with van der Waals surface area (Å²) in [5.41, 5.74) is 6.36. The zero-order valence-electron chi connectivity index (χ0n) is 8.08. The Kier molecular flexibility index (Phi) is 3.96. The number of hydrogen-bond acceptors (Lipinski definition) is 3. The van der Waals surface area contributed by atoms with Gasteiger partial charge in [-0.1, -0.05) is 6.08 Å². The summed E-state index contributed by atoms with van der Waals surface area (Å²) >= 11 is 0. The average molecular weight is 183 g/mol. The predicted molar refractivity (Wildman–Crippen MR) is 51.1 cm³/mol. The molecule has 0 spiro atoms. The third kappa shape index (κ3) is 2.84. The zero-order chi connectivity index (χ0) is 9.68. The van der Waals surface area contributed by atoms with Crippen molar-refractivity contribution in [1.82, 2.24) is 0 Å². The van der Waals surface area contributed by atoms with Gasteiger partial charge in [0.15, 0.2) is 0 Å². The molecule has 3 nitrogen and oxygen atoms in total. The fourth-order valence-corrected chi connectivity index (χ4v) is 1.51. The van der Waals surface area contributed by atoms with Gasteiger partial charge in [-0.2, -0.15) is 0 Å². The first-order valence-electron chi connectivity index (χ1n) is 4.84. The Labute approximate surface area is 78.9 Å². The second-order valence-electron chi connectivity index (χ2n) is 3.33. The van der Waals surface area contributed by atoms with E-state index in [1.54, 1.807) is 0 Å². The molecule has 1 rings (SSSR count). The Morgan fingerprint density at radius 1 is 1.77 bits per heavy atom. The quantitative estimate of drug-likeness (QED) is 0.670. The first-order valence-corrected chi connectivity index (χ1v) is 4.84. The van der Waals surface area contributed by atoms with Gasteiger partial charge in [-0.25, -0.2) is 4.79 Å². The van der Waals surface area contributed by atoms with Crippen LogP contribution >= 0.6 is 0 Å². The van der Waals surface area contributed by atoms with E-state index < -0.39 is 0 Å². The van der Waals surface area contributed by atoms with Crippen LogP contribution in [-0.4, -0.2) is 19.1 Å². The highest BCUT2D eigenvalue weighted by molar-refractivity contribution is 5.88. The van der Waals surface area contributed by atoms with Gasteiger partial charge in [0, 0.05) is 5.57 Å². The summed E-state index contributed by atoms with van der Waals surface area (Å²) < 4.78 is 4.91.